The summed E-state index contributed by atoms with van der Waals surface area (Å²) < 4.78 is 5.14. The summed E-state index contributed by atoms with van der Waals surface area (Å²) in [4.78, 5) is 23.8. The van der Waals surface area contributed by atoms with Gasteiger partial charge in [0.2, 0.25) is 5.91 Å². The van der Waals surface area contributed by atoms with E-state index in [1.54, 1.807) is 18.2 Å². The van der Waals surface area contributed by atoms with Gasteiger partial charge in [-0.05, 0) is 25.1 Å². The Morgan fingerprint density at radius 1 is 1.50 bits per heavy atom. The quantitative estimate of drug-likeness (QED) is 0.836. The number of halogens is 1. The molecule has 110 valence electrons. The van der Waals surface area contributed by atoms with E-state index in [1.807, 2.05) is 0 Å². The van der Waals surface area contributed by atoms with E-state index >= 15 is 0 Å². The van der Waals surface area contributed by atoms with Gasteiger partial charge in [0.1, 0.15) is 11.8 Å². The van der Waals surface area contributed by atoms with Crippen LogP contribution in [0.3, 0.4) is 0 Å². The van der Waals surface area contributed by atoms with Crippen molar-refractivity contribution in [3.63, 3.8) is 0 Å². The number of carbonyl (C=O) groups is 2. The van der Waals surface area contributed by atoms with Gasteiger partial charge in [0.15, 0.2) is 0 Å². The highest BCUT2D eigenvalue weighted by Crippen LogP contribution is 2.27. The Kier molecular flexibility index (Phi) is 5.64. The van der Waals surface area contributed by atoms with Crippen LogP contribution in [-0.2, 0) is 9.59 Å². The Morgan fingerprint density at radius 2 is 2.15 bits per heavy atom. The number of carbonyl (C=O) groups excluding carboxylic acids is 1. The number of benzene rings is 1. The van der Waals surface area contributed by atoms with E-state index in [2.05, 4.69) is 5.32 Å². The van der Waals surface area contributed by atoms with Crippen LogP contribution in [-0.4, -0.2) is 48.6 Å². The minimum Gasteiger partial charge on any atom is -0.495 e. The monoisotopic (exact) mass is 300 g/mol. The SMILES string of the molecule is COc1ccc(Cl)cc1NCC(=O)N(C)C(C)C(=O)O. The molecule has 7 heteroatoms. The van der Waals surface area contributed by atoms with E-state index in [9.17, 15) is 9.59 Å². The van der Waals surface area contributed by atoms with Crippen molar-refractivity contribution in [3.05, 3.63) is 23.2 Å². The lowest BCUT2D eigenvalue weighted by Gasteiger charge is -2.22. The number of nitrogens with one attached hydrogen (secondary N) is 1. The number of nitrogens with zero attached hydrogens (tertiary/aromatic N) is 1. The third-order valence-electron chi connectivity index (χ3n) is 2.92. The number of carboxylic acid groups (broad SMARTS) is 1. The Labute approximate surface area is 122 Å². The van der Waals surface area contributed by atoms with Gasteiger partial charge in [-0.3, -0.25) is 4.79 Å². The van der Waals surface area contributed by atoms with Gasteiger partial charge in [-0.25, -0.2) is 4.79 Å². The third-order valence-corrected chi connectivity index (χ3v) is 3.16. The van der Waals surface area contributed by atoms with Gasteiger partial charge in [-0.15, -0.1) is 0 Å². The fourth-order valence-corrected chi connectivity index (χ4v) is 1.67. The number of hydrogen-bond acceptors (Lipinski definition) is 4. The van der Waals surface area contributed by atoms with Crippen molar-refractivity contribution in [2.75, 3.05) is 26.0 Å². The molecule has 1 aromatic carbocycles. The summed E-state index contributed by atoms with van der Waals surface area (Å²) in [5.74, 6) is -0.848. The van der Waals surface area contributed by atoms with Gasteiger partial charge in [0.25, 0.3) is 0 Å². The van der Waals surface area contributed by atoms with Gasteiger partial charge in [0, 0.05) is 12.1 Å². The van der Waals surface area contributed by atoms with E-state index in [4.69, 9.17) is 21.4 Å². The normalized spacial score (nSPS) is 11.6. The molecule has 0 bridgehead atoms. The van der Waals surface area contributed by atoms with Crippen molar-refractivity contribution in [3.8, 4) is 5.75 Å². The number of hydrogen-bond donors (Lipinski definition) is 2. The van der Waals surface area contributed by atoms with Crippen molar-refractivity contribution in [2.45, 2.75) is 13.0 Å². The zero-order chi connectivity index (χ0) is 15.3. The molecule has 0 radical (unpaired) electrons. The second-order valence-corrected chi connectivity index (χ2v) is 4.65. The molecule has 0 spiro atoms. The van der Waals surface area contributed by atoms with Crippen molar-refractivity contribution in [1.29, 1.82) is 0 Å². The maximum Gasteiger partial charge on any atom is 0.326 e. The highest BCUT2D eigenvalue weighted by atomic mass is 35.5. The highest BCUT2D eigenvalue weighted by molar-refractivity contribution is 6.30. The molecule has 0 fully saturated rings. The van der Waals surface area contributed by atoms with E-state index in [1.165, 1.54) is 21.1 Å². The Bertz CT molecular complexity index is 507. The maximum absolute atomic E-state index is 11.9. The first kappa shape index (κ1) is 16.1. The second kappa shape index (κ2) is 7.00. The average Bonchev–Trinajstić information content (AvgIpc) is 2.43. The van der Waals surface area contributed by atoms with Crippen LogP contribution in [0.15, 0.2) is 18.2 Å². The van der Waals surface area contributed by atoms with Crippen molar-refractivity contribution in [2.24, 2.45) is 0 Å². The minimum absolute atomic E-state index is 0.0508. The summed E-state index contributed by atoms with van der Waals surface area (Å²) in [5, 5.41) is 12.2. The fourth-order valence-electron chi connectivity index (χ4n) is 1.50. The predicted octanol–water partition coefficient (Wildman–Crippen LogP) is 1.69. The first-order chi connectivity index (χ1) is 9.36. The number of methoxy groups -OCH3 is 1. The molecule has 6 nitrogen and oxygen atoms in total. The highest BCUT2D eigenvalue weighted by Gasteiger charge is 2.21. The van der Waals surface area contributed by atoms with Crippen molar-refractivity contribution in [1.82, 2.24) is 4.90 Å². The number of likely N-dealkylation sites (N-methyl/N-ethyl adjacent to an activating group) is 1. The minimum atomic E-state index is -1.05. The van der Waals surface area contributed by atoms with Gasteiger partial charge < -0.3 is 20.1 Å². The topological polar surface area (TPSA) is 78.9 Å². The maximum atomic E-state index is 11.9. The lowest BCUT2D eigenvalue weighted by Crippen LogP contribution is -2.42. The molecule has 20 heavy (non-hydrogen) atoms. The summed E-state index contributed by atoms with van der Waals surface area (Å²) in [6.45, 7) is 1.39. The summed E-state index contributed by atoms with van der Waals surface area (Å²) in [7, 11) is 2.95. The van der Waals surface area contributed by atoms with Crippen LogP contribution in [0.1, 0.15) is 6.92 Å². The number of rotatable bonds is 6. The van der Waals surface area contributed by atoms with E-state index in [0.29, 0.717) is 16.5 Å². The lowest BCUT2D eigenvalue weighted by molar-refractivity contribution is -0.147. The molecule has 1 aromatic rings. The molecule has 2 N–H and O–H groups in total. The van der Waals surface area contributed by atoms with Crippen LogP contribution < -0.4 is 10.1 Å². The Balaban J connectivity index is 2.70. The third kappa shape index (κ3) is 4.03. The lowest BCUT2D eigenvalue weighted by atomic mass is 10.2. The van der Waals surface area contributed by atoms with Crippen molar-refractivity contribution >= 4 is 29.2 Å². The van der Waals surface area contributed by atoms with Crippen LogP contribution in [0.4, 0.5) is 5.69 Å². The van der Waals surface area contributed by atoms with E-state index in [0.717, 1.165) is 4.90 Å². The molecule has 0 aliphatic rings. The average molecular weight is 301 g/mol. The fraction of sp³-hybridized carbons (Fsp3) is 0.385. The van der Waals surface area contributed by atoms with Crippen LogP contribution in [0, 0.1) is 0 Å². The number of ether oxygens (including phenoxy) is 1. The zero-order valence-corrected chi connectivity index (χ0v) is 12.3. The molecule has 0 aliphatic heterocycles. The predicted molar refractivity (Wildman–Crippen MR) is 76.4 cm³/mol. The van der Waals surface area contributed by atoms with Gasteiger partial charge in [-0.1, -0.05) is 11.6 Å². The standard InChI is InChI=1S/C13H17ClN2O4/c1-8(13(18)19)16(2)12(17)7-15-10-6-9(14)4-5-11(10)20-3/h4-6,8,15H,7H2,1-3H3,(H,18,19). The van der Waals surface area contributed by atoms with Crippen LogP contribution in [0.5, 0.6) is 5.75 Å². The molecule has 0 saturated heterocycles. The number of carboxylic acids is 1. The summed E-state index contributed by atoms with van der Waals surface area (Å²) in [6, 6.07) is 4.10. The Morgan fingerprint density at radius 3 is 2.70 bits per heavy atom. The van der Waals surface area contributed by atoms with E-state index < -0.39 is 12.0 Å². The molecule has 1 amide bonds. The smallest absolute Gasteiger partial charge is 0.326 e. The summed E-state index contributed by atoms with van der Waals surface area (Å²) in [6.07, 6.45) is 0. The molecular formula is C13H17ClN2O4. The van der Waals surface area contributed by atoms with E-state index in [-0.39, 0.29) is 12.5 Å². The number of aliphatic carboxylic acids is 1. The molecule has 0 aromatic heterocycles. The second-order valence-electron chi connectivity index (χ2n) is 4.22. The first-order valence-corrected chi connectivity index (χ1v) is 6.30. The zero-order valence-electron chi connectivity index (χ0n) is 11.5. The largest absolute Gasteiger partial charge is 0.495 e. The van der Waals surface area contributed by atoms with Crippen LogP contribution in [0.2, 0.25) is 5.02 Å². The van der Waals surface area contributed by atoms with Gasteiger partial charge in [-0.2, -0.15) is 0 Å². The van der Waals surface area contributed by atoms with Crippen LogP contribution in [0.25, 0.3) is 0 Å². The Hall–Kier alpha value is -1.95. The molecule has 0 aliphatic carbocycles. The summed E-state index contributed by atoms with van der Waals surface area (Å²) in [5.41, 5.74) is 0.574. The molecule has 1 rings (SSSR count). The molecular weight excluding hydrogens is 284 g/mol. The number of anilines is 1. The van der Waals surface area contributed by atoms with Gasteiger partial charge in [0.05, 0.1) is 19.3 Å². The molecule has 1 unspecified atom stereocenters. The summed E-state index contributed by atoms with van der Waals surface area (Å²) >= 11 is 5.88. The first-order valence-electron chi connectivity index (χ1n) is 5.92. The molecule has 0 saturated carbocycles. The van der Waals surface area contributed by atoms with Gasteiger partial charge >= 0.3 is 5.97 Å². The number of amides is 1. The van der Waals surface area contributed by atoms with Crippen LogP contribution >= 0.6 is 11.6 Å². The van der Waals surface area contributed by atoms with Crippen molar-refractivity contribution < 1.29 is 19.4 Å². The molecule has 0 heterocycles. The molecule has 1 atom stereocenters.